The van der Waals surface area contributed by atoms with Crippen LogP contribution in [0.4, 0.5) is 0 Å². The number of amides is 1. The number of hydrogen-bond donors (Lipinski definition) is 4. The third-order valence-corrected chi connectivity index (χ3v) is 5.05. The molecule has 0 bridgehead atoms. The van der Waals surface area contributed by atoms with Gasteiger partial charge in [0.25, 0.3) is 5.84 Å². The lowest BCUT2D eigenvalue weighted by Crippen LogP contribution is -2.63. The van der Waals surface area contributed by atoms with Crippen LogP contribution in [0, 0.1) is 0 Å². The lowest BCUT2D eigenvalue weighted by molar-refractivity contribution is -0.173. The Morgan fingerprint density at radius 1 is 1.33 bits per heavy atom. The predicted octanol–water partition coefficient (Wildman–Crippen LogP) is -0.271. The molecule has 0 saturated carbocycles. The fourth-order valence-electron chi connectivity index (χ4n) is 1.81. The molecule has 1 rings (SSSR count). The molecule has 5 atom stereocenters. The smallest absolute Gasteiger partial charge is 0.271 e. The summed E-state index contributed by atoms with van der Waals surface area (Å²) in [5.74, 6) is 1.57. The summed E-state index contributed by atoms with van der Waals surface area (Å²) in [6, 6.07) is -0.734. The predicted molar refractivity (Wildman–Crippen MR) is 86.1 cm³/mol. The lowest BCUT2D eigenvalue weighted by atomic mass is 9.98. The Morgan fingerprint density at radius 2 is 1.95 bits per heavy atom. The van der Waals surface area contributed by atoms with Crippen LogP contribution in [0.2, 0.25) is 0 Å². The van der Waals surface area contributed by atoms with Crippen LogP contribution in [0.1, 0.15) is 27.7 Å². The second-order valence-electron chi connectivity index (χ2n) is 5.90. The Hall–Kier alpha value is 0.0749. The Bertz CT molecular complexity index is 355. The number of ether oxygens (including phenoxy) is 1. The zero-order valence-electron chi connectivity index (χ0n) is 12.6. The van der Waals surface area contributed by atoms with Gasteiger partial charge in [-0.05, 0) is 4.75 Å². The van der Waals surface area contributed by atoms with Crippen molar-refractivity contribution in [1.82, 2.24) is 5.32 Å². The highest BCUT2D eigenvalue weighted by molar-refractivity contribution is 8.51. The first-order valence-electron chi connectivity index (χ1n) is 6.70. The molecule has 1 heterocycles. The van der Waals surface area contributed by atoms with E-state index in [9.17, 15) is 20.1 Å². The van der Waals surface area contributed by atoms with E-state index in [4.69, 9.17) is 4.74 Å². The standard InChI is InChI=1S/C12H23BNO5S2/c1-6(16)14-8-10(18)9(17)7(5-15)19-11(8)20-13-21-12(2,3)4/h7-11,15,17-18H,5H2,1-4H3,(H,14,16). The van der Waals surface area contributed by atoms with Gasteiger partial charge in [0.2, 0.25) is 5.91 Å². The van der Waals surface area contributed by atoms with Crippen molar-refractivity contribution in [2.45, 2.75) is 62.2 Å². The summed E-state index contributed by atoms with van der Waals surface area (Å²) >= 11 is 2.92. The Morgan fingerprint density at radius 3 is 2.43 bits per heavy atom. The topological polar surface area (TPSA) is 99.0 Å². The molecular weight excluding hydrogens is 313 g/mol. The maximum absolute atomic E-state index is 11.3. The van der Waals surface area contributed by atoms with Crippen molar-refractivity contribution < 1.29 is 24.9 Å². The van der Waals surface area contributed by atoms with Gasteiger partial charge in [0.1, 0.15) is 23.7 Å². The van der Waals surface area contributed by atoms with Gasteiger partial charge in [0.05, 0.1) is 12.6 Å². The van der Waals surface area contributed by atoms with E-state index in [1.807, 2.05) is 5.84 Å². The summed E-state index contributed by atoms with van der Waals surface area (Å²) in [7, 11) is 0. The van der Waals surface area contributed by atoms with Crippen molar-refractivity contribution in [3.63, 3.8) is 0 Å². The molecule has 0 aromatic heterocycles. The Balaban J connectivity index is 2.71. The molecule has 6 nitrogen and oxygen atoms in total. The number of carbonyl (C=O) groups is 1. The molecule has 121 valence electrons. The zero-order valence-corrected chi connectivity index (χ0v) is 14.3. The van der Waals surface area contributed by atoms with Crippen LogP contribution in [0.15, 0.2) is 0 Å². The number of aliphatic hydroxyl groups is 3. The number of carbonyl (C=O) groups excluding carboxylic acids is 1. The quantitative estimate of drug-likeness (QED) is 0.513. The van der Waals surface area contributed by atoms with Gasteiger partial charge in [0, 0.05) is 6.92 Å². The normalized spacial score (nSPS) is 33.6. The number of rotatable bonds is 5. The van der Waals surface area contributed by atoms with Crippen molar-refractivity contribution in [2.75, 3.05) is 6.61 Å². The molecule has 9 heteroatoms. The minimum atomic E-state index is -1.24. The molecule has 0 aliphatic carbocycles. The van der Waals surface area contributed by atoms with E-state index in [-0.39, 0.29) is 10.7 Å². The van der Waals surface area contributed by atoms with E-state index < -0.39 is 36.4 Å². The number of nitrogens with one attached hydrogen (secondary N) is 1. The molecule has 1 amide bonds. The van der Waals surface area contributed by atoms with Crippen molar-refractivity contribution in [3.8, 4) is 0 Å². The van der Waals surface area contributed by atoms with E-state index in [1.54, 1.807) is 11.6 Å². The van der Waals surface area contributed by atoms with Gasteiger partial charge in [0.15, 0.2) is 0 Å². The van der Waals surface area contributed by atoms with Crippen LogP contribution in [-0.4, -0.2) is 68.2 Å². The van der Waals surface area contributed by atoms with Crippen molar-refractivity contribution in [1.29, 1.82) is 0 Å². The first-order valence-corrected chi connectivity index (χ1v) is 8.52. The van der Waals surface area contributed by atoms with E-state index in [2.05, 4.69) is 26.1 Å². The maximum atomic E-state index is 11.3. The Kier molecular flexibility index (Phi) is 7.35. The fourth-order valence-corrected chi connectivity index (χ4v) is 4.23. The van der Waals surface area contributed by atoms with Gasteiger partial charge in [-0.2, -0.15) is 23.2 Å². The minimum absolute atomic E-state index is 0.0413. The van der Waals surface area contributed by atoms with E-state index >= 15 is 0 Å². The number of hydrogen-bond acceptors (Lipinski definition) is 7. The minimum Gasteiger partial charge on any atom is -0.394 e. The monoisotopic (exact) mass is 336 g/mol. The Labute approximate surface area is 134 Å². The summed E-state index contributed by atoms with van der Waals surface area (Å²) < 4.78 is 5.63. The molecule has 1 aliphatic heterocycles. The van der Waals surface area contributed by atoms with Gasteiger partial charge >= 0.3 is 0 Å². The average Bonchev–Trinajstić information content (AvgIpc) is 2.35. The molecule has 1 radical (unpaired) electrons. The fraction of sp³-hybridized carbons (Fsp3) is 0.917. The molecule has 21 heavy (non-hydrogen) atoms. The summed E-state index contributed by atoms with van der Waals surface area (Å²) in [6.07, 6.45) is -3.29. The van der Waals surface area contributed by atoms with Gasteiger partial charge in [-0.25, -0.2) is 0 Å². The average molecular weight is 336 g/mol. The first-order chi connectivity index (χ1) is 9.65. The third kappa shape index (κ3) is 6.00. The highest BCUT2D eigenvalue weighted by atomic mass is 32.2. The van der Waals surface area contributed by atoms with Crippen molar-refractivity contribution >= 4 is 35.0 Å². The third-order valence-electron chi connectivity index (χ3n) is 2.84. The summed E-state index contributed by atoms with van der Waals surface area (Å²) in [6.45, 7) is 7.14. The molecule has 0 aromatic rings. The number of aliphatic hydroxyl groups excluding tert-OH is 3. The molecular formula is C12H23BNO5S2. The molecule has 1 aliphatic rings. The highest BCUT2D eigenvalue weighted by Crippen LogP contribution is 2.32. The SMILES string of the molecule is CC(=O)NC1C(S[B]SC(C)(C)C)OC(CO)C(O)C1O. The lowest BCUT2D eigenvalue weighted by Gasteiger charge is -2.42. The highest BCUT2D eigenvalue weighted by Gasteiger charge is 2.44. The van der Waals surface area contributed by atoms with E-state index in [0.717, 1.165) is 0 Å². The molecule has 1 fully saturated rings. The zero-order chi connectivity index (χ0) is 16.2. The van der Waals surface area contributed by atoms with E-state index in [1.165, 1.54) is 18.5 Å². The maximum Gasteiger partial charge on any atom is 0.271 e. The van der Waals surface area contributed by atoms with Crippen LogP contribution in [0.5, 0.6) is 0 Å². The summed E-state index contributed by atoms with van der Waals surface area (Å²) in [5.41, 5.74) is -0.570. The summed E-state index contributed by atoms with van der Waals surface area (Å²) in [5, 5.41) is 31.8. The molecule has 0 aromatic carbocycles. The second-order valence-corrected chi connectivity index (χ2v) is 8.86. The molecule has 4 N–H and O–H groups in total. The van der Waals surface area contributed by atoms with Gasteiger partial charge < -0.3 is 25.4 Å². The van der Waals surface area contributed by atoms with Crippen molar-refractivity contribution in [3.05, 3.63) is 0 Å². The van der Waals surface area contributed by atoms with E-state index in [0.29, 0.717) is 0 Å². The van der Waals surface area contributed by atoms with Crippen molar-refractivity contribution in [2.24, 2.45) is 0 Å². The second kappa shape index (κ2) is 8.08. The molecule has 1 saturated heterocycles. The van der Waals surface area contributed by atoms with Gasteiger partial charge in [-0.15, -0.1) is 0 Å². The molecule has 5 unspecified atom stereocenters. The largest absolute Gasteiger partial charge is 0.394 e. The van der Waals surface area contributed by atoms with Crippen LogP contribution in [0.25, 0.3) is 0 Å². The van der Waals surface area contributed by atoms with Crippen LogP contribution >= 0.6 is 23.2 Å². The first kappa shape index (κ1) is 19.1. The molecule has 0 spiro atoms. The summed E-state index contributed by atoms with van der Waals surface area (Å²) in [4.78, 5) is 11.3. The van der Waals surface area contributed by atoms with Gasteiger partial charge in [-0.1, -0.05) is 20.8 Å². The van der Waals surface area contributed by atoms with Gasteiger partial charge in [-0.3, -0.25) is 4.79 Å². The van der Waals surface area contributed by atoms with Crippen LogP contribution in [-0.2, 0) is 9.53 Å². The van der Waals surface area contributed by atoms with Crippen LogP contribution in [0.3, 0.4) is 0 Å². The van der Waals surface area contributed by atoms with Crippen LogP contribution < -0.4 is 5.32 Å².